The number of rotatable bonds is 4. The van der Waals surface area contributed by atoms with Gasteiger partial charge in [0.05, 0.1) is 5.52 Å². The molecule has 1 saturated carbocycles. The average Bonchev–Trinajstić information content (AvgIpc) is 2.53. The van der Waals surface area contributed by atoms with Crippen LogP contribution in [0.3, 0.4) is 0 Å². The van der Waals surface area contributed by atoms with Gasteiger partial charge in [0.25, 0.3) is 0 Å². The summed E-state index contributed by atoms with van der Waals surface area (Å²) in [5.74, 6) is 0.861. The second-order valence-corrected chi connectivity index (χ2v) is 6.29. The van der Waals surface area contributed by atoms with E-state index in [1.807, 2.05) is 0 Å². The molecule has 0 atom stereocenters. The van der Waals surface area contributed by atoms with Crippen LogP contribution in [0.15, 0.2) is 24.3 Å². The highest BCUT2D eigenvalue weighted by Gasteiger charge is 2.16. The number of anilines is 1. The minimum atomic E-state index is -0.310. The van der Waals surface area contributed by atoms with Crippen molar-refractivity contribution >= 4 is 22.6 Å². The summed E-state index contributed by atoms with van der Waals surface area (Å²) in [4.78, 5) is 15.4. The molecule has 3 rings (SSSR count). The molecule has 0 aliphatic heterocycles. The van der Waals surface area contributed by atoms with Crippen molar-refractivity contribution in [2.45, 2.75) is 50.9 Å². The number of primary amides is 1. The molecule has 2 aromatic rings. The summed E-state index contributed by atoms with van der Waals surface area (Å²) in [7, 11) is 0. The molecule has 1 aromatic heterocycles. The maximum atomic E-state index is 11.0. The molecule has 0 spiro atoms. The fraction of sp³-hybridized carbons (Fsp3) is 0.444. The van der Waals surface area contributed by atoms with Gasteiger partial charge in [-0.3, -0.25) is 4.79 Å². The number of hydrogen-bond donors (Lipinski definition) is 2. The van der Waals surface area contributed by atoms with Crippen molar-refractivity contribution in [3.63, 3.8) is 0 Å². The van der Waals surface area contributed by atoms with Gasteiger partial charge in [0.1, 0.15) is 5.82 Å². The lowest BCUT2D eigenvalue weighted by molar-refractivity contribution is -0.117. The third-order valence-corrected chi connectivity index (χ3v) is 4.67. The number of carbonyl (C=O) groups excluding carboxylic acids is 1. The summed E-state index contributed by atoms with van der Waals surface area (Å²) >= 11 is 0. The SMILES string of the molecule is NC(=O)CCc1cc2cc(C3CCCCC3)ccc2nc1N. The molecule has 4 N–H and O–H groups in total. The zero-order valence-corrected chi connectivity index (χ0v) is 12.8. The molecule has 1 fully saturated rings. The van der Waals surface area contributed by atoms with Crippen LogP contribution in [-0.2, 0) is 11.2 Å². The van der Waals surface area contributed by atoms with Crippen LogP contribution < -0.4 is 11.5 Å². The van der Waals surface area contributed by atoms with E-state index in [0.29, 0.717) is 24.6 Å². The van der Waals surface area contributed by atoms with Gasteiger partial charge in [-0.1, -0.05) is 25.3 Å². The molecule has 1 heterocycles. The molecule has 1 aromatic carbocycles. The number of nitrogens with zero attached hydrogens (tertiary/aromatic N) is 1. The van der Waals surface area contributed by atoms with Crippen molar-refractivity contribution in [1.82, 2.24) is 4.98 Å². The van der Waals surface area contributed by atoms with Crippen molar-refractivity contribution in [3.8, 4) is 0 Å². The van der Waals surface area contributed by atoms with Gasteiger partial charge in [-0.25, -0.2) is 4.98 Å². The highest BCUT2D eigenvalue weighted by molar-refractivity contribution is 5.82. The van der Waals surface area contributed by atoms with Crippen molar-refractivity contribution in [3.05, 3.63) is 35.4 Å². The minimum absolute atomic E-state index is 0.305. The monoisotopic (exact) mass is 297 g/mol. The molecule has 4 nitrogen and oxygen atoms in total. The average molecular weight is 297 g/mol. The molecular weight excluding hydrogens is 274 g/mol. The maximum absolute atomic E-state index is 11.0. The van der Waals surface area contributed by atoms with E-state index in [-0.39, 0.29) is 5.91 Å². The van der Waals surface area contributed by atoms with Gasteiger partial charge in [-0.05, 0) is 54.5 Å². The van der Waals surface area contributed by atoms with Crippen LogP contribution >= 0.6 is 0 Å². The van der Waals surface area contributed by atoms with E-state index in [9.17, 15) is 4.79 Å². The topological polar surface area (TPSA) is 82.0 Å². The number of hydrogen-bond acceptors (Lipinski definition) is 3. The van der Waals surface area contributed by atoms with Crippen LogP contribution in [0.2, 0.25) is 0 Å². The fourth-order valence-corrected chi connectivity index (χ4v) is 3.40. The van der Waals surface area contributed by atoms with Crippen LogP contribution in [0, 0.1) is 0 Å². The smallest absolute Gasteiger partial charge is 0.217 e. The van der Waals surface area contributed by atoms with Crippen LogP contribution in [0.25, 0.3) is 10.9 Å². The highest BCUT2D eigenvalue weighted by atomic mass is 16.1. The first-order chi connectivity index (χ1) is 10.6. The first-order valence-corrected chi connectivity index (χ1v) is 8.11. The van der Waals surface area contributed by atoms with Gasteiger partial charge in [0.15, 0.2) is 0 Å². The predicted octanol–water partition coefficient (Wildman–Crippen LogP) is 3.28. The summed E-state index contributed by atoms with van der Waals surface area (Å²) in [6, 6.07) is 8.56. The second-order valence-electron chi connectivity index (χ2n) is 6.29. The number of nitrogen functional groups attached to an aromatic ring is 1. The van der Waals surface area contributed by atoms with Gasteiger partial charge in [-0.2, -0.15) is 0 Å². The normalized spacial score (nSPS) is 16.0. The lowest BCUT2D eigenvalue weighted by Gasteiger charge is -2.22. The zero-order chi connectivity index (χ0) is 15.5. The van der Waals surface area contributed by atoms with Crippen molar-refractivity contribution < 1.29 is 4.79 Å². The summed E-state index contributed by atoms with van der Waals surface area (Å²) < 4.78 is 0. The van der Waals surface area contributed by atoms with E-state index in [2.05, 4.69) is 29.2 Å². The van der Waals surface area contributed by atoms with Crippen LogP contribution in [-0.4, -0.2) is 10.9 Å². The largest absolute Gasteiger partial charge is 0.383 e. The number of fused-ring (bicyclic) bond motifs is 1. The minimum Gasteiger partial charge on any atom is -0.383 e. The molecule has 0 radical (unpaired) electrons. The summed E-state index contributed by atoms with van der Waals surface area (Å²) in [5, 5.41) is 1.11. The van der Waals surface area contributed by atoms with Crippen LogP contribution in [0.4, 0.5) is 5.82 Å². The van der Waals surface area contributed by atoms with Gasteiger partial charge in [-0.15, -0.1) is 0 Å². The lowest BCUT2D eigenvalue weighted by Crippen LogP contribution is -2.12. The maximum Gasteiger partial charge on any atom is 0.217 e. The third-order valence-electron chi connectivity index (χ3n) is 4.67. The Hall–Kier alpha value is -2.10. The molecule has 1 aliphatic carbocycles. The third kappa shape index (κ3) is 3.21. The van der Waals surface area contributed by atoms with Crippen molar-refractivity contribution in [2.24, 2.45) is 5.73 Å². The second kappa shape index (κ2) is 6.34. The Balaban J connectivity index is 1.91. The van der Waals surface area contributed by atoms with E-state index >= 15 is 0 Å². The zero-order valence-electron chi connectivity index (χ0n) is 12.8. The van der Waals surface area contributed by atoms with Gasteiger partial charge in [0, 0.05) is 11.8 Å². The highest BCUT2D eigenvalue weighted by Crippen LogP contribution is 2.34. The van der Waals surface area contributed by atoms with Crippen LogP contribution in [0.5, 0.6) is 0 Å². The number of nitrogens with two attached hydrogens (primary N) is 2. The molecule has 4 heteroatoms. The Morgan fingerprint density at radius 3 is 2.68 bits per heavy atom. The Labute approximate surface area is 130 Å². The summed E-state index contributed by atoms with van der Waals surface area (Å²) in [5.41, 5.74) is 14.4. The van der Waals surface area contributed by atoms with Gasteiger partial charge >= 0.3 is 0 Å². The quantitative estimate of drug-likeness (QED) is 0.908. The van der Waals surface area contributed by atoms with E-state index < -0.39 is 0 Å². The number of pyridine rings is 1. The Bertz CT molecular complexity index is 690. The molecule has 0 bridgehead atoms. The molecule has 116 valence electrons. The van der Waals surface area contributed by atoms with E-state index in [1.165, 1.54) is 37.7 Å². The van der Waals surface area contributed by atoms with Gasteiger partial charge < -0.3 is 11.5 Å². The Morgan fingerprint density at radius 2 is 1.95 bits per heavy atom. The number of amides is 1. The first kappa shape index (κ1) is 14.8. The Kier molecular flexibility index (Phi) is 4.27. The molecule has 1 aliphatic rings. The Morgan fingerprint density at radius 1 is 1.18 bits per heavy atom. The molecule has 22 heavy (non-hydrogen) atoms. The van der Waals surface area contributed by atoms with Crippen molar-refractivity contribution in [2.75, 3.05) is 5.73 Å². The van der Waals surface area contributed by atoms with E-state index in [0.717, 1.165) is 16.5 Å². The van der Waals surface area contributed by atoms with Gasteiger partial charge in [0.2, 0.25) is 5.91 Å². The first-order valence-electron chi connectivity index (χ1n) is 8.11. The molecule has 1 amide bonds. The lowest BCUT2D eigenvalue weighted by atomic mass is 9.83. The van der Waals surface area contributed by atoms with E-state index in [1.54, 1.807) is 0 Å². The van der Waals surface area contributed by atoms with E-state index in [4.69, 9.17) is 11.5 Å². The van der Waals surface area contributed by atoms with Crippen molar-refractivity contribution in [1.29, 1.82) is 0 Å². The summed E-state index contributed by atoms with van der Waals surface area (Å²) in [6.07, 6.45) is 7.43. The summed E-state index contributed by atoms with van der Waals surface area (Å²) in [6.45, 7) is 0. The number of benzene rings is 1. The number of carbonyl (C=O) groups is 1. The molecular formula is C18H23N3O. The standard InChI is InChI=1S/C18H23N3O/c19-17(22)9-7-14-11-15-10-13(12-4-2-1-3-5-12)6-8-16(15)21-18(14)20/h6,8,10-12H,1-5,7,9H2,(H2,19,22)(H2,20,21). The predicted molar refractivity (Wildman–Crippen MR) is 89.5 cm³/mol. The fourth-order valence-electron chi connectivity index (χ4n) is 3.40. The van der Waals surface area contributed by atoms with Crippen LogP contribution in [0.1, 0.15) is 55.6 Å². The number of aromatic nitrogens is 1. The molecule has 0 saturated heterocycles. The molecule has 0 unspecified atom stereocenters. The number of aryl methyl sites for hydroxylation is 1.